The van der Waals surface area contributed by atoms with E-state index in [0.717, 1.165) is 25.9 Å². The normalized spacial score (nSPS) is 23.2. The number of rotatable bonds is 4. The summed E-state index contributed by atoms with van der Waals surface area (Å²) in [6.07, 6.45) is 5.69. The van der Waals surface area contributed by atoms with E-state index in [1.807, 2.05) is 6.92 Å². The zero-order chi connectivity index (χ0) is 11.4. The molecule has 1 aromatic heterocycles. The van der Waals surface area contributed by atoms with Crippen molar-refractivity contribution in [3.05, 3.63) is 11.8 Å². The molecule has 0 radical (unpaired) electrons. The maximum atomic E-state index is 5.84. The summed E-state index contributed by atoms with van der Waals surface area (Å²) in [5.41, 5.74) is 0. The first-order chi connectivity index (χ1) is 7.75. The number of ether oxygens (including phenoxy) is 1. The lowest BCUT2D eigenvalue weighted by molar-refractivity contribution is 0.0105. The number of alkyl halides is 1. The smallest absolute Gasteiger partial charge is 0.234 e. The van der Waals surface area contributed by atoms with Gasteiger partial charge in [0.25, 0.3) is 0 Å². The van der Waals surface area contributed by atoms with Crippen LogP contribution in [0.15, 0.2) is 4.42 Å². The highest BCUT2D eigenvalue weighted by atomic mass is 35.5. The SMILES string of the molecule is CC(Cl)c1nnc(CCC2CCCCO2)o1. The van der Waals surface area contributed by atoms with E-state index in [1.165, 1.54) is 12.8 Å². The molecule has 0 aliphatic carbocycles. The van der Waals surface area contributed by atoms with Crippen LogP contribution in [0.5, 0.6) is 0 Å². The van der Waals surface area contributed by atoms with E-state index in [9.17, 15) is 0 Å². The third-order valence-corrected chi connectivity index (χ3v) is 2.96. The molecule has 0 amide bonds. The van der Waals surface area contributed by atoms with Crippen LogP contribution in [0.3, 0.4) is 0 Å². The Labute approximate surface area is 100 Å². The zero-order valence-electron chi connectivity index (χ0n) is 9.49. The molecule has 2 unspecified atom stereocenters. The van der Waals surface area contributed by atoms with Crippen LogP contribution in [0.4, 0.5) is 0 Å². The van der Waals surface area contributed by atoms with Gasteiger partial charge in [-0.15, -0.1) is 21.8 Å². The number of aromatic nitrogens is 2. The second-order valence-electron chi connectivity index (χ2n) is 4.18. The molecule has 4 nitrogen and oxygen atoms in total. The van der Waals surface area contributed by atoms with Gasteiger partial charge in [0.15, 0.2) is 0 Å². The van der Waals surface area contributed by atoms with E-state index in [0.29, 0.717) is 17.9 Å². The molecule has 1 aliphatic heterocycles. The van der Waals surface area contributed by atoms with Gasteiger partial charge in [0.05, 0.1) is 6.10 Å². The Kier molecular flexibility index (Phi) is 4.18. The first kappa shape index (κ1) is 11.9. The van der Waals surface area contributed by atoms with Crippen LogP contribution in [-0.4, -0.2) is 22.9 Å². The fourth-order valence-corrected chi connectivity index (χ4v) is 1.94. The molecule has 2 atom stereocenters. The molecule has 0 aromatic carbocycles. The van der Waals surface area contributed by atoms with Crippen molar-refractivity contribution in [2.24, 2.45) is 0 Å². The van der Waals surface area contributed by atoms with E-state index in [-0.39, 0.29) is 5.38 Å². The second-order valence-corrected chi connectivity index (χ2v) is 4.83. The van der Waals surface area contributed by atoms with Crippen LogP contribution in [0.2, 0.25) is 0 Å². The number of halogens is 1. The van der Waals surface area contributed by atoms with Crippen molar-refractivity contribution in [1.29, 1.82) is 0 Å². The first-order valence-corrected chi connectivity index (χ1v) is 6.27. The highest BCUT2D eigenvalue weighted by Gasteiger charge is 2.16. The lowest BCUT2D eigenvalue weighted by atomic mass is 10.0. The monoisotopic (exact) mass is 244 g/mol. The van der Waals surface area contributed by atoms with Crippen molar-refractivity contribution in [2.75, 3.05) is 6.61 Å². The lowest BCUT2D eigenvalue weighted by Crippen LogP contribution is -2.19. The van der Waals surface area contributed by atoms with Crippen LogP contribution in [-0.2, 0) is 11.2 Å². The quantitative estimate of drug-likeness (QED) is 0.765. The third-order valence-electron chi connectivity index (χ3n) is 2.78. The Bertz CT molecular complexity index is 322. The van der Waals surface area contributed by atoms with Crippen molar-refractivity contribution in [1.82, 2.24) is 10.2 Å². The van der Waals surface area contributed by atoms with Gasteiger partial charge in [-0.2, -0.15) is 0 Å². The summed E-state index contributed by atoms with van der Waals surface area (Å²) >= 11 is 5.84. The molecule has 1 saturated heterocycles. The van der Waals surface area contributed by atoms with Crippen molar-refractivity contribution in [3.8, 4) is 0 Å². The van der Waals surface area contributed by atoms with Crippen LogP contribution in [0.25, 0.3) is 0 Å². The molecule has 16 heavy (non-hydrogen) atoms. The number of nitrogens with zero attached hydrogens (tertiary/aromatic N) is 2. The van der Waals surface area contributed by atoms with E-state index in [2.05, 4.69) is 10.2 Å². The molecule has 90 valence electrons. The van der Waals surface area contributed by atoms with Gasteiger partial charge in [0.2, 0.25) is 11.8 Å². The van der Waals surface area contributed by atoms with Crippen molar-refractivity contribution in [3.63, 3.8) is 0 Å². The maximum absolute atomic E-state index is 5.84. The van der Waals surface area contributed by atoms with E-state index in [1.54, 1.807) is 0 Å². The van der Waals surface area contributed by atoms with Crippen LogP contribution >= 0.6 is 11.6 Å². The van der Waals surface area contributed by atoms with Crippen LogP contribution < -0.4 is 0 Å². The number of hydrogen-bond acceptors (Lipinski definition) is 4. The molecule has 0 N–H and O–H groups in total. The van der Waals surface area contributed by atoms with Crippen LogP contribution in [0, 0.1) is 0 Å². The average Bonchev–Trinajstić information content (AvgIpc) is 2.76. The fraction of sp³-hybridized carbons (Fsp3) is 0.818. The molecule has 0 spiro atoms. The van der Waals surface area contributed by atoms with Gasteiger partial charge in [-0.1, -0.05) is 0 Å². The Hall–Kier alpha value is -0.610. The Morgan fingerprint density at radius 3 is 2.94 bits per heavy atom. The Morgan fingerprint density at radius 1 is 1.44 bits per heavy atom. The van der Waals surface area contributed by atoms with Gasteiger partial charge >= 0.3 is 0 Å². The van der Waals surface area contributed by atoms with Crippen molar-refractivity contribution < 1.29 is 9.15 Å². The zero-order valence-corrected chi connectivity index (χ0v) is 10.2. The third kappa shape index (κ3) is 3.19. The van der Waals surface area contributed by atoms with Gasteiger partial charge in [-0.3, -0.25) is 0 Å². The fourth-order valence-electron chi connectivity index (χ4n) is 1.85. The highest BCUT2D eigenvalue weighted by Crippen LogP contribution is 2.20. The van der Waals surface area contributed by atoms with Crippen molar-refractivity contribution >= 4 is 11.6 Å². The van der Waals surface area contributed by atoms with Gasteiger partial charge in [-0.25, -0.2) is 0 Å². The molecular weight excluding hydrogens is 228 g/mol. The van der Waals surface area contributed by atoms with E-state index < -0.39 is 0 Å². The summed E-state index contributed by atoms with van der Waals surface area (Å²) in [6, 6.07) is 0. The summed E-state index contributed by atoms with van der Waals surface area (Å²) in [5, 5.41) is 7.64. The average molecular weight is 245 g/mol. The summed E-state index contributed by atoms with van der Waals surface area (Å²) in [4.78, 5) is 0. The number of aryl methyl sites for hydroxylation is 1. The second kappa shape index (κ2) is 5.64. The molecule has 5 heteroatoms. The van der Waals surface area contributed by atoms with E-state index >= 15 is 0 Å². The molecule has 0 saturated carbocycles. The minimum absolute atomic E-state index is 0.216. The summed E-state index contributed by atoms with van der Waals surface area (Å²) < 4.78 is 11.1. The topological polar surface area (TPSA) is 48.2 Å². The van der Waals surface area contributed by atoms with E-state index in [4.69, 9.17) is 20.8 Å². The van der Waals surface area contributed by atoms with Gasteiger partial charge in [-0.05, 0) is 32.6 Å². The Morgan fingerprint density at radius 2 is 2.31 bits per heavy atom. The molecule has 1 fully saturated rings. The molecule has 0 bridgehead atoms. The molecule has 1 aliphatic rings. The maximum Gasteiger partial charge on any atom is 0.234 e. The lowest BCUT2D eigenvalue weighted by Gasteiger charge is -2.21. The predicted octanol–water partition coefficient (Wildman–Crippen LogP) is 2.87. The molecule has 2 heterocycles. The first-order valence-electron chi connectivity index (χ1n) is 5.83. The minimum Gasteiger partial charge on any atom is -0.424 e. The standard InChI is InChI=1S/C11H17ClN2O2/c1-8(12)11-14-13-10(16-11)6-5-9-4-2-3-7-15-9/h8-9H,2-7H2,1H3. The molecule has 1 aromatic rings. The Balaban J connectivity index is 1.79. The summed E-state index contributed by atoms with van der Waals surface area (Å²) in [5.74, 6) is 1.16. The molecule has 2 rings (SSSR count). The van der Waals surface area contributed by atoms with Crippen LogP contribution in [0.1, 0.15) is 49.8 Å². The summed E-state index contributed by atoms with van der Waals surface area (Å²) in [7, 11) is 0. The number of hydrogen-bond donors (Lipinski definition) is 0. The summed E-state index contributed by atoms with van der Waals surface area (Å²) in [6.45, 7) is 2.71. The van der Waals surface area contributed by atoms with Gasteiger partial charge in [0, 0.05) is 13.0 Å². The minimum atomic E-state index is -0.216. The predicted molar refractivity (Wildman–Crippen MR) is 60.5 cm³/mol. The largest absolute Gasteiger partial charge is 0.424 e. The van der Waals surface area contributed by atoms with Crippen molar-refractivity contribution in [2.45, 2.75) is 50.5 Å². The molecular formula is C11H17ClN2O2. The highest BCUT2D eigenvalue weighted by molar-refractivity contribution is 6.20. The van der Waals surface area contributed by atoms with Gasteiger partial charge in [0.1, 0.15) is 5.38 Å². The van der Waals surface area contributed by atoms with Gasteiger partial charge < -0.3 is 9.15 Å².